The molecule has 2 heterocycles. The number of carbonyl (C=O) groups excluding carboxylic acids is 2. The molecule has 7 heteroatoms. The van der Waals surface area contributed by atoms with Crippen LogP contribution < -0.4 is 14.8 Å². The Morgan fingerprint density at radius 2 is 1.77 bits per heavy atom. The second kappa shape index (κ2) is 9.91. The molecular formula is C23H27N3O4. The van der Waals surface area contributed by atoms with Gasteiger partial charge >= 0.3 is 0 Å². The van der Waals surface area contributed by atoms with Gasteiger partial charge in [-0.3, -0.25) is 9.59 Å². The molecule has 1 aliphatic heterocycles. The number of rotatable bonds is 6. The number of piperidine rings is 1. The van der Waals surface area contributed by atoms with Gasteiger partial charge in [0.1, 0.15) is 17.3 Å². The minimum absolute atomic E-state index is 0.0424. The number of ether oxygens (including phenoxy) is 2. The van der Waals surface area contributed by atoms with Crippen LogP contribution in [-0.2, 0) is 9.59 Å². The highest BCUT2D eigenvalue weighted by molar-refractivity contribution is 5.93. The van der Waals surface area contributed by atoms with E-state index >= 15 is 0 Å². The first-order chi connectivity index (χ1) is 14.5. The van der Waals surface area contributed by atoms with Gasteiger partial charge in [0, 0.05) is 37.3 Å². The van der Waals surface area contributed by atoms with Crippen molar-refractivity contribution in [2.24, 2.45) is 5.92 Å². The van der Waals surface area contributed by atoms with E-state index in [-0.39, 0.29) is 17.7 Å². The van der Waals surface area contributed by atoms with Crippen molar-refractivity contribution in [1.29, 1.82) is 0 Å². The van der Waals surface area contributed by atoms with Crippen molar-refractivity contribution in [3.63, 3.8) is 0 Å². The Hall–Kier alpha value is -3.35. The summed E-state index contributed by atoms with van der Waals surface area (Å²) in [6.07, 6.45) is 6.23. The Morgan fingerprint density at radius 1 is 1.10 bits per heavy atom. The number of likely N-dealkylation sites (tertiary alicyclic amines) is 1. The van der Waals surface area contributed by atoms with Gasteiger partial charge in [0.05, 0.1) is 14.2 Å². The van der Waals surface area contributed by atoms with Gasteiger partial charge in [0.25, 0.3) is 0 Å². The van der Waals surface area contributed by atoms with Gasteiger partial charge in [-0.2, -0.15) is 0 Å². The normalized spacial score (nSPS) is 14.6. The molecule has 2 aromatic rings. The lowest BCUT2D eigenvalue weighted by molar-refractivity contribution is -0.130. The van der Waals surface area contributed by atoms with E-state index in [0.717, 1.165) is 11.1 Å². The monoisotopic (exact) mass is 409 g/mol. The molecule has 0 radical (unpaired) electrons. The molecule has 1 aromatic heterocycles. The number of anilines is 1. The molecule has 1 saturated heterocycles. The summed E-state index contributed by atoms with van der Waals surface area (Å²) in [4.78, 5) is 31.0. The molecule has 1 aliphatic rings. The van der Waals surface area contributed by atoms with Crippen molar-refractivity contribution in [2.75, 3.05) is 32.6 Å². The van der Waals surface area contributed by atoms with E-state index in [4.69, 9.17) is 9.47 Å². The summed E-state index contributed by atoms with van der Waals surface area (Å²) in [5.74, 6) is 1.65. The van der Waals surface area contributed by atoms with Crippen molar-refractivity contribution >= 4 is 23.7 Å². The van der Waals surface area contributed by atoms with Gasteiger partial charge in [-0.15, -0.1) is 0 Å². The summed E-state index contributed by atoms with van der Waals surface area (Å²) in [7, 11) is 3.17. The fraction of sp³-hybridized carbons (Fsp3) is 0.348. The Bertz CT molecular complexity index is 912. The minimum Gasteiger partial charge on any atom is -0.497 e. The van der Waals surface area contributed by atoms with Crippen LogP contribution in [0.15, 0.2) is 42.6 Å². The number of amides is 2. The molecule has 7 nitrogen and oxygen atoms in total. The molecule has 1 fully saturated rings. The van der Waals surface area contributed by atoms with Crippen LogP contribution in [0.3, 0.4) is 0 Å². The lowest BCUT2D eigenvalue weighted by Crippen LogP contribution is -2.40. The third-order valence-corrected chi connectivity index (χ3v) is 5.14. The van der Waals surface area contributed by atoms with Crippen LogP contribution >= 0.6 is 0 Å². The molecule has 0 aliphatic carbocycles. The average molecular weight is 409 g/mol. The van der Waals surface area contributed by atoms with E-state index in [2.05, 4.69) is 10.3 Å². The van der Waals surface area contributed by atoms with Crippen molar-refractivity contribution in [3.05, 3.63) is 53.7 Å². The number of benzene rings is 1. The molecule has 0 saturated carbocycles. The second-order valence-corrected chi connectivity index (χ2v) is 7.29. The highest BCUT2D eigenvalue weighted by Crippen LogP contribution is 2.24. The fourth-order valence-electron chi connectivity index (χ4n) is 3.39. The van der Waals surface area contributed by atoms with Gasteiger partial charge in [-0.05, 0) is 61.2 Å². The quantitative estimate of drug-likeness (QED) is 0.741. The predicted molar refractivity (Wildman–Crippen MR) is 115 cm³/mol. The molecule has 158 valence electrons. The third kappa shape index (κ3) is 5.59. The number of carbonyl (C=O) groups is 2. The molecule has 0 spiro atoms. The molecular weight excluding hydrogens is 382 g/mol. The Morgan fingerprint density at radius 3 is 2.37 bits per heavy atom. The van der Waals surface area contributed by atoms with Crippen LogP contribution in [-0.4, -0.2) is 49.0 Å². The number of aromatic nitrogens is 1. The van der Waals surface area contributed by atoms with Gasteiger partial charge in [0.2, 0.25) is 11.8 Å². The second-order valence-electron chi connectivity index (χ2n) is 7.29. The number of hydrogen-bond acceptors (Lipinski definition) is 5. The Labute approximate surface area is 176 Å². The van der Waals surface area contributed by atoms with Gasteiger partial charge in [-0.25, -0.2) is 4.98 Å². The Balaban J connectivity index is 1.54. The molecule has 30 heavy (non-hydrogen) atoms. The SMILES string of the molecule is COc1cc(C=CC(=O)N2CCC(C(=O)Nc3cc(C)ccn3)CC2)cc(OC)c1. The van der Waals surface area contributed by atoms with Crippen LogP contribution in [0.25, 0.3) is 6.08 Å². The number of pyridine rings is 1. The summed E-state index contributed by atoms with van der Waals surface area (Å²) in [6, 6.07) is 9.18. The van der Waals surface area contributed by atoms with Crippen molar-refractivity contribution in [3.8, 4) is 11.5 Å². The highest BCUT2D eigenvalue weighted by atomic mass is 16.5. The molecule has 1 aromatic carbocycles. The van der Waals surface area contributed by atoms with Gasteiger partial charge < -0.3 is 19.7 Å². The summed E-state index contributed by atoms with van der Waals surface area (Å²) in [6.45, 7) is 3.05. The molecule has 0 atom stereocenters. The zero-order valence-corrected chi connectivity index (χ0v) is 17.6. The molecule has 1 N–H and O–H groups in total. The smallest absolute Gasteiger partial charge is 0.246 e. The first-order valence-electron chi connectivity index (χ1n) is 9.92. The standard InChI is InChI=1S/C23H27N3O4/c1-16-6-9-24-21(12-16)25-23(28)18-7-10-26(11-8-18)22(27)5-4-17-13-19(29-2)15-20(14-17)30-3/h4-6,9,12-15,18H,7-8,10-11H2,1-3H3,(H,24,25,28). The third-order valence-electron chi connectivity index (χ3n) is 5.14. The maximum absolute atomic E-state index is 12.6. The minimum atomic E-state index is -0.122. The van der Waals surface area contributed by atoms with Gasteiger partial charge in [0.15, 0.2) is 0 Å². The summed E-state index contributed by atoms with van der Waals surface area (Å²) < 4.78 is 10.5. The van der Waals surface area contributed by atoms with Crippen LogP contribution in [0.2, 0.25) is 0 Å². The summed E-state index contributed by atoms with van der Waals surface area (Å²) in [5.41, 5.74) is 1.86. The Kier molecular flexibility index (Phi) is 7.06. The van der Waals surface area contributed by atoms with E-state index in [9.17, 15) is 9.59 Å². The van der Waals surface area contributed by atoms with Crippen LogP contribution in [0.1, 0.15) is 24.0 Å². The molecule has 2 amide bonds. The zero-order chi connectivity index (χ0) is 21.5. The van der Waals surface area contributed by atoms with Crippen molar-refractivity contribution in [2.45, 2.75) is 19.8 Å². The van der Waals surface area contributed by atoms with E-state index < -0.39 is 0 Å². The topological polar surface area (TPSA) is 80.8 Å². The number of nitrogens with one attached hydrogen (secondary N) is 1. The van der Waals surface area contributed by atoms with E-state index in [0.29, 0.717) is 43.2 Å². The first kappa shape index (κ1) is 21.4. The fourth-order valence-corrected chi connectivity index (χ4v) is 3.39. The summed E-state index contributed by atoms with van der Waals surface area (Å²) >= 11 is 0. The lowest BCUT2D eigenvalue weighted by Gasteiger charge is -2.30. The van der Waals surface area contributed by atoms with Crippen LogP contribution in [0.4, 0.5) is 5.82 Å². The zero-order valence-electron chi connectivity index (χ0n) is 17.6. The molecule has 0 unspecified atom stereocenters. The number of methoxy groups -OCH3 is 2. The van der Waals surface area contributed by atoms with Gasteiger partial charge in [-0.1, -0.05) is 0 Å². The van der Waals surface area contributed by atoms with Crippen LogP contribution in [0, 0.1) is 12.8 Å². The predicted octanol–water partition coefficient (Wildman–Crippen LogP) is 3.30. The van der Waals surface area contributed by atoms with E-state index in [1.807, 2.05) is 31.2 Å². The van der Waals surface area contributed by atoms with Crippen molar-refractivity contribution in [1.82, 2.24) is 9.88 Å². The first-order valence-corrected chi connectivity index (χ1v) is 9.92. The maximum atomic E-state index is 12.6. The maximum Gasteiger partial charge on any atom is 0.246 e. The average Bonchev–Trinajstić information content (AvgIpc) is 2.77. The highest BCUT2D eigenvalue weighted by Gasteiger charge is 2.26. The lowest BCUT2D eigenvalue weighted by atomic mass is 9.96. The summed E-state index contributed by atoms with van der Waals surface area (Å²) in [5, 5.41) is 2.87. The number of nitrogens with zero attached hydrogens (tertiary/aromatic N) is 2. The van der Waals surface area contributed by atoms with E-state index in [1.165, 1.54) is 0 Å². The largest absolute Gasteiger partial charge is 0.497 e. The van der Waals surface area contributed by atoms with Crippen LogP contribution in [0.5, 0.6) is 11.5 Å². The van der Waals surface area contributed by atoms with Crippen molar-refractivity contribution < 1.29 is 19.1 Å². The molecule has 0 bridgehead atoms. The molecule has 3 rings (SSSR count). The number of aryl methyl sites for hydroxylation is 1. The van der Waals surface area contributed by atoms with E-state index in [1.54, 1.807) is 43.5 Å². The number of hydrogen-bond donors (Lipinski definition) is 1.